The standard InChI is InChI=1S/C20H21NO3S/c1-14-6-3-4-7-16(14)13-25-11-10-21-20(22)18-12-15-8-5-9-17(23-2)19(15)24-18/h3-9,12H,10-11,13H2,1-2H3,(H,21,22). The molecule has 2 aromatic carbocycles. The number of furan rings is 1. The van der Waals surface area contributed by atoms with Crippen LogP contribution in [-0.4, -0.2) is 25.3 Å². The Morgan fingerprint density at radius 3 is 2.84 bits per heavy atom. The highest BCUT2D eigenvalue weighted by Crippen LogP contribution is 2.28. The number of fused-ring (bicyclic) bond motifs is 1. The molecule has 3 rings (SSSR count). The lowest BCUT2D eigenvalue weighted by molar-refractivity contribution is 0.0930. The van der Waals surface area contributed by atoms with E-state index in [9.17, 15) is 4.79 Å². The van der Waals surface area contributed by atoms with Crippen molar-refractivity contribution >= 4 is 28.6 Å². The normalized spacial score (nSPS) is 10.8. The first-order chi connectivity index (χ1) is 12.2. The van der Waals surface area contributed by atoms with Crippen molar-refractivity contribution in [2.24, 2.45) is 0 Å². The summed E-state index contributed by atoms with van der Waals surface area (Å²) in [5, 5.41) is 3.76. The van der Waals surface area contributed by atoms with Crippen LogP contribution in [-0.2, 0) is 5.75 Å². The Morgan fingerprint density at radius 2 is 2.04 bits per heavy atom. The molecule has 0 radical (unpaired) electrons. The van der Waals surface area contributed by atoms with Gasteiger partial charge in [-0.25, -0.2) is 0 Å². The van der Waals surface area contributed by atoms with Gasteiger partial charge >= 0.3 is 0 Å². The summed E-state index contributed by atoms with van der Waals surface area (Å²) in [5.41, 5.74) is 3.24. The van der Waals surface area contributed by atoms with Gasteiger partial charge in [-0.3, -0.25) is 4.79 Å². The van der Waals surface area contributed by atoms with Gasteiger partial charge in [0.1, 0.15) is 0 Å². The molecule has 0 aliphatic rings. The van der Waals surface area contributed by atoms with Gasteiger partial charge < -0.3 is 14.5 Å². The number of para-hydroxylation sites is 1. The van der Waals surface area contributed by atoms with Crippen molar-refractivity contribution in [1.29, 1.82) is 0 Å². The molecule has 0 fully saturated rings. The fourth-order valence-corrected chi connectivity index (χ4v) is 3.52. The first kappa shape index (κ1) is 17.4. The maximum Gasteiger partial charge on any atom is 0.287 e. The summed E-state index contributed by atoms with van der Waals surface area (Å²) in [6.07, 6.45) is 0. The van der Waals surface area contributed by atoms with E-state index in [2.05, 4.69) is 30.4 Å². The van der Waals surface area contributed by atoms with E-state index in [-0.39, 0.29) is 5.91 Å². The zero-order valence-corrected chi connectivity index (χ0v) is 15.2. The molecular weight excluding hydrogens is 334 g/mol. The lowest BCUT2D eigenvalue weighted by Gasteiger charge is -2.06. The van der Waals surface area contributed by atoms with E-state index >= 15 is 0 Å². The molecule has 1 heterocycles. The van der Waals surface area contributed by atoms with Crippen LogP contribution in [0.5, 0.6) is 5.75 Å². The summed E-state index contributed by atoms with van der Waals surface area (Å²) in [7, 11) is 1.59. The predicted molar refractivity (Wildman–Crippen MR) is 102 cm³/mol. The minimum Gasteiger partial charge on any atom is -0.493 e. The second kappa shape index (κ2) is 8.12. The number of ether oxygens (including phenoxy) is 1. The number of aryl methyl sites for hydroxylation is 1. The maximum atomic E-state index is 12.2. The van der Waals surface area contributed by atoms with E-state index in [0.717, 1.165) is 16.9 Å². The van der Waals surface area contributed by atoms with Crippen molar-refractivity contribution in [3.05, 3.63) is 65.4 Å². The van der Waals surface area contributed by atoms with Crippen molar-refractivity contribution in [3.8, 4) is 5.75 Å². The quantitative estimate of drug-likeness (QED) is 0.638. The van der Waals surface area contributed by atoms with Crippen LogP contribution in [0.2, 0.25) is 0 Å². The topological polar surface area (TPSA) is 51.5 Å². The average Bonchev–Trinajstić information content (AvgIpc) is 3.07. The van der Waals surface area contributed by atoms with Gasteiger partial charge in [-0.15, -0.1) is 0 Å². The number of rotatable bonds is 7. The van der Waals surface area contributed by atoms with Crippen molar-refractivity contribution < 1.29 is 13.9 Å². The lowest BCUT2D eigenvalue weighted by atomic mass is 10.1. The molecule has 4 nitrogen and oxygen atoms in total. The lowest BCUT2D eigenvalue weighted by Crippen LogP contribution is -2.25. The molecule has 25 heavy (non-hydrogen) atoms. The third-order valence-corrected chi connectivity index (χ3v) is 5.01. The highest BCUT2D eigenvalue weighted by Gasteiger charge is 2.14. The molecule has 3 aromatic rings. The van der Waals surface area contributed by atoms with E-state index in [1.807, 2.05) is 24.3 Å². The van der Waals surface area contributed by atoms with E-state index in [1.165, 1.54) is 11.1 Å². The number of hydrogen-bond donors (Lipinski definition) is 1. The Kier molecular flexibility index (Phi) is 5.66. The Labute approximate surface area is 151 Å². The van der Waals surface area contributed by atoms with Crippen LogP contribution in [0, 0.1) is 6.92 Å². The van der Waals surface area contributed by atoms with Crippen LogP contribution < -0.4 is 10.1 Å². The highest BCUT2D eigenvalue weighted by molar-refractivity contribution is 7.98. The molecule has 0 saturated heterocycles. The Bertz CT molecular complexity index is 872. The zero-order valence-electron chi connectivity index (χ0n) is 14.4. The number of carbonyl (C=O) groups excluding carboxylic acids is 1. The van der Waals surface area contributed by atoms with Gasteiger partial charge in [-0.05, 0) is 30.2 Å². The fraction of sp³-hybridized carbons (Fsp3) is 0.250. The summed E-state index contributed by atoms with van der Waals surface area (Å²) in [6.45, 7) is 2.72. The molecule has 1 N–H and O–H groups in total. The molecule has 0 aliphatic heterocycles. The fourth-order valence-electron chi connectivity index (χ4n) is 2.59. The predicted octanol–water partition coefficient (Wildman–Crippen LogP) is 4.41. The molecule has 5 heteroatoms. The molecule has 1 amide bonds. The summed E-state index contributed by atoms with van der Waals surface area (Å²) in [6, 6.07) is 15.7. The number of benzene rings is 2. The largest absolute Gasteiger partial charge is 0.493 e. The molecular formula is C20H21NO3S. The zero-order chi connectivity index (χ0) is 17.6. The minimum absolute atomic E-state index is 0.199. The third kappa shape index (κ3) is 4.17. The summed E-state index contributed by atoms with van der Waals surface area (Å²) in [5.74, 6) is 2.54. The summed E-state index contributed by atoms with van der Waals surface area (Å²) >= 11 is 1.80. The van der Waals surface area contributed by atoms with Crippen molar-refractivity contribution in [2.45, 2.75) is 12.7 Å². The summed E-state index contributed by atoms with van der Waals surface area (Å²) < 4.78 is 10.9. The molecule has 0 saturated carbocycles. The smallest absolute Gasteiger partial charge is 0.287 e. The molecule has 0 unspecified atom stereocenters. The van der Waals surface area contributed by atoms with E-state index in [4.69, 9.17) is 9.15 Å². The van der Waals surface area contributed by atoms with Crippen molar-refractivity contribution in [1.82, 2.24) is 5.32 Å². The van der Waals surface area contributed by atoms with Crippen molar-refractivity contribution in [3.63, 3.8) is 0 Å². The average molecular weight is 355 g/mol. The second-order valence-electron chi connectivity index (χ2n) is 5.72. The monoisotopic (exact) mass is 355 g/mol. The molecule has 130 valence electrons. The van der Waals surface area contributed by atoms with E-state index in [0.29, 0.717) is 23.6 Å². The van der Waals surface area contributed by atoms with Crippen LogP contribution >= 0.6 is 11.8 Å². The first-order valence-electron chi connectivity index (χ1n) is 8.16. The number of thioether (sulfide) groups is 1. The van der Waals surface area contributed by atoms with Gasteiger partial charge in [0.25, 0.3) is 5.91 Å². The first-order valence-corrected chi connectivity index (χ1v) is 9.31. The molecule has 0 atom stereocenters. The van der Waals surface area contributed by atoms with Crippen LogP contribution in [0.25, 0.3) is 11.0 Å². The highest BCUT2D eigenvalue weighted by atomic mass is 32.2. The van der Waals surface area contributed by atoms with Gasteiger partial charge in [0.2, 0.25) is 0 Å². The van der Waals surface area contributed by atoms with Gasteiger partial charge in [0.05, 0.1) is 7.11 Å². The Hall–Kier alpha value is -2.40. The third-order valence-electron chi connectivity index (χ3n) is 4.00. The second-order valence-corrected chi connectivity index (χ2v) is 6.83. The van der Waals surface area contributed by atoms with Gasteiger partial charge in [-0.1, -0.05) is 36.4 Å². The van der Waals surface area contributed by atoms with Gasteiger partial charge in [0.15, 0.2) is 17.1 Å². The number of amides is 1. The number of methoxy groups -OCH3 is 1. The van der Waals surface area contributed by atoms with Crippen molar-refractivity contribution in [2.75, 3.05) is 19.4 Å². The molecule has 1 aromatic heterocycles. The Balaban J connectivity index is 1.50. The van der Waals surface area contributed by atoms with Crippen LogP contribution in [0.3, 0.4) is 0 Å². The Morgan fingerprint density at radius 1 is 1.20 bits per heavy atom. The SMILES string of the molecule is COc1cccc2cc(C(=O)NCCSCc3ccccc3C)oc12. The number of nitrogens with one attached hydrogen (secondary N) is 1. The van der Waals surface area contributed by atoms with E-state index in [1.54, 1.807) is 24.9 Å². The molecule has 0 aliphatic carbocycles. The molecule has 0 bridgehead atoms. The van der Waals surface area contributed by atoms with Crippen LogP contribution in [0.15, 0.2) is 52.9 Å². The minimum atomic E-state index is -0.199. The maximum absolute atomic E-state index is 12.2. The van der Waals surface area contributed by atoms with E-state index < -0.39 is 0 Å². The number of hydrogen-bond acceptors (Lipinski definition) is 4. The number of carbonyl (C=O) groups is 1. The van der Waals surface area contributed by atoms with Gasteiger partial charge in [0, 0.05) is 23.4 Å². The van der Waals surface area contributed by atoms with Crippen LogP contribution in [0.4, 0.5) is 0 Å². The molecule has 0 spiro atoms. The van der Waals surface area contributed by atoms with Gasteiger partial charge in [-0.2, -0.15) is 11.8 Å². The van der Waals surface area contributed by atoms with Crippen LogP contribution in [0.1, 0.15) is 21.7 Å². The summed E-state index contributed by atoms with van der Waals surface area (Å²) in [4.78, 5) is 12.2.